The molecule has 0 radical (unpaired) electrons. The average molecular weight is 282 g/mol. The van der Waals surface area contributed by atoms with Crippen molar-refractivity contribution in [1.29, 1.82) is 0 Å². The van der Waals surface area contributed by atoms with Gasteiger partial charge in [0.05, 0.1) is 6.61 Å². The quantitative estimate of drug-likeness (QED) is 0.806. The van der Waals surface area contributed by atoms with E-state index >= 15 is 0 Å². The molecule has 1 aliphatic rings. The van der Waals surface area contributed by atoms with E-state index in [0.29, 0.717) is 18.0 Å². The molecule has 1 aliphatic heterocycles. The van der Waals surface area contributed by atoms with Crippen molar-refractivity contribution in [3.63, 3.8) is 0 Å². The molecule has 2 atom stereocenters. The van der Waals surface area contributed by atoms with Crippen molar-refractivity contribution in [2.45, 2.75) is 38.8 Å². The van der Waals surface area contributed by atoms with Crippen LogP contribution in [0.5, 0.6) is 0 Å². The van der Waals surface area contributed by atoms with Crippen LogP contribution in [0.25, 0.3) is 0 Å². The molecule has 1 fully saturated rings. The Morgan fingerprint density at radius 2 is 2.37 bits per heavy atom. The van der Waals surface area contributed by atoms with Gasteiger partial charge in [-0.25, -0.2) is 0 Å². The average Bonchev–Trinajstić information content (AvgIpc) is 3.02. The standard InChI is InChI=1S/C15H26N2OS/c1-12(2)15(14-6-4-10-19-14)17(8-9-18)11-13-5-3-7-16-13/h4,6,10,12-13,15-16,18H,3,5,7-9,11H2,1-2H3. The third-order valence-corrected chi connectivity index (χ3v) is 4.81. The molecular formula is C15H26N2OS. The lowest BCUT2D eigenvalue weighted by molar-refractivity contribution is 0.114. The Morgan fingerprint density at radius 1 is 1.53 bits per heavy atom. The van der Waals surface area contributed by atoms with E-state index in [-0.39, 0.29) is 6.61 Å². The zero-order chi connectivity index (χ0) is 13.7. The summed E-state index contributed by atoms with van der Waals surface area (Å²) in [6.45, 7) is 7.73. The van der Waals surface area contributed by atoms with Crippen LogP contribution in [0.4, 0.5) is 0 Å². The highest BCUT2D eigenvalue weighted by Gasteiger charge is 2.27. The van der Waals surface area contributed by atoms with E-state index in [1.807, 2.05) is 11.3 Å². The van der Waals surface area contributed by atoms with Gasteiger partial charge in [-0.3, -0.25) is 4.90 Å². The number of thiophene rings is 1. The maximum Gasteiger partial charge on any atom is 0.0558 e. The van der Waals surface area contributed by atoms with Gasteiger partial charge >= 0.3 is 0 Å². The van der Waals surface area contributed by atoms with Crippen molar-refractivity contribution >= 4 is 11.3 Å². The van der Waals surface area contributed by atoms with Gasteiger partial charge in [-0.05, 0) is 36.8 Å². The normalized spacial score (nSPS) is 21.4. The first-order valence-electron chi connectivity index (χ1n) is 7.34. The van der Waals surface area contributed by atoms with Crippen LogP contribution in [-0.2, 0) is 0 Å². The van der Waals surface area contributed by atoms with E-state index in [9.17, 15) is 5.11 Å². The molecule has 4 heteroatoms. The smallest absolute Gasteiger partial charge is 0.0558 e. The SMILES string of the molecule is CC(C)C(c1cccs1)N(CCO)CC1CCCN1. The summed E-state index contributed by atoms with van der Waals surface area (Å²) in [6, 6.07) is 5.37. The number of nitrogens with one attached hydrogen (secondary N) is 1. The highest BCUT2D eigenvalue weighted by molar-refractivity contribution is 7.10. The summed E-state index contributed by atoms with van der Waals surface area (Å²) in [5.41, 5.74) is 0. The minimum absolute atomic E-state index is 0.237. The van der Waals surface area contributed by atoms with Crippen molar-refractivity contribution in [2.75, 3.05) is 26.2 Å². The van der Waals surface area contributed by atoms with E-state index in [1.54, 1.807) is 0 Å². The van der Waals surface area contributed by atoms with Gasteiger partial charge in [-0.15, -0.1) is 11.3 Å². The van der Waals surface area contributed by atoms with Crippen LogP contribution in [0.1, 0.15) is 37.6 Å². The van der Waals surface area contributed by atoms with Crippen molar-refractivity contribution < 1.29 is 5.11 Å². The van der Waals surface area contributed by atoms with Crippen molar-refractivity contribution in [3.05, 3.63) is 22.4 Å². The summed E-state index contributed by atoms with van der Waals surface area (Å²) in [5, 5.41) is 15.1. The number of aliphatic hydroxyl groups is 1. The zero-order valence-electron chi connectivity index (χ0n) is 12.0. The summed E-state index contributed by atoms with van der Waals surface area (Å²) in [6.07, 6.45) is 2.54. The third-order valence-electron chi connectivity index (χ3n) is 3.86. The molecule has 3 nitrogen and oxygen atoms in total. The molecule has 1 aromatic rings. The molecule has 0 saturated carbocycles. The monoisotopic (exact) mass is 282 g/mol. The Hall–Kier alpha value is -0.420. The lowest BCUT2D eigenvalue weighted by Crippen LogP contribution is -2.42. The molecule has 2 heterocycles. The Balaban J connectivity index is 2.09. The van der Waals surface area contributed by atoms with Gasteiger partial charge in [0.1, 0.15) is 0 Å². The molecule has 0 bridgehead atoms. The first kappa shape index (κ1) is 15.0. The second-order valence-corrected chi connectivity index (χ2v) is 6.70. The van der Waals surface area contributed by atoms with Crippen molar-refractivity contribution in [2.24, 2.45) is 5.92 Å². The fraction of sp³-hybridized carbons (Fsp3) is 0.733. The zero-order valence-corrected chi connectivity index (χ0v) is 12.8. The van der Waals surface area contributed by atoms with Crippen LogP contribution >= 0.6 is 11.3 Å². The van der Waals surface area contributed by atoms with Gasteiger partial charge in [0, 0.05) is 30.1 Å². The molecule has 1 aromatic heterocycles. The Bertz CT molecular complexity index is 347. The number of aliphatic hydroxyl groups excluding tert-OH is 1. The van der Waals surface area contributed by atoms with Gasteiger partial charge < -0.3 is 10.4 Å². The number of nitrogens with zero attached hydrogens (tertiary/aromatic N) is 1. The van der Waals surface area contributed by atoms with Crippen LogP contribution in [0.15, 0.2) is 17.5 Å². The highest BCUT2D eigenvalue weighted by Crippen LogP contribution is 2.32. The second-order valence-electron chi connectivity index (χ2n) is 5.72. The lowest BCUT2D eigenvalue weighted by atomic mass is 9.99. The summed E-state index contributed by atoms with van der Waals surface area (Å²) in [5.74, 6) is 0.562. The maximum absolute atomic E-state index is 9.38. The molecule has 0 amide bonds. The first-order valence-corrected chi connectivity index (χ1v) is 8.22. The number of hydrogen-bond acceptors (Lipinski definition) is 4. The van der Waals surface area contributed by atoms with Gasteiger partial charge in [0.25, 0.3) is 0 Å². The molecule has 0 spiro atoms. The fourth-order valence-electron chi connectivity index (χ4n) is 3.06. The lowest BCUT2D eigenvalue weighted by Gasteiger charge is -2.35. The second kappa shape index (κ2) is 7.39. The number of hydrogen-bond donors (Lipinski definition) is 2. The van der Waals surface area contributed by atoms with Crippen LogP contribution in [0.2, 0.25) is 0 Å². The Kier molecular flexibility index (Phi) is 5.82. The summed E-state index contributed by atoms with van der Waals surface area (Å²) < 4.78 is 0. The molecule has 19 heavy (non-hydrogen) atoms. The topological polar surface area (TPSA) is 35.5 Å². The summed E-state index contributed by atoms with van der Waals surface area (Å²) >= 11 is 1.83. The number of rotatable bonds is 7. The molecule has 2 unspecified atom stereocenters. The molecule has 1 saturated heterocycles. The summed E-state index contributed by atoms with van der Waals surface area (Å²) in [4.78, 5) is 3.88. The van der Waals surface area contributed by atoms with Crippen LogP contribution < -0.4 is 5.32 Å². The van der Waals surface area contributed by atoms with Crippen LogP contribution in [0, 0.1) is 5.92 Å². The van der Waals surface area contributed by atoms with E-state index in [4.69, 9.17) is 0 Å². The Morgan fingerprint density at radius 3 is 2.89 bits per heavy atom. The molecule has 2 N–H and O–H groups in total. The van der Waals surface area contributed by atoms with E-state index in [0.717, 1.165) is 19.6 Å². The van der Waals surface area contributed by atoms with Gasteiger partial charge in [-0.2, -0.15) is 0 Å². The molecule has 0 aromatic carbocycles. The molecular weight excluding hydrogens is 256 g/mol. The molecule has 0 aliphatic carbocycles. The van der Waals surface area contributed by atoms with Crippen molar-refractivity contribution in [1.82, 2.24) is 10.2 Å². The van der Waals surface area contributed by atoms with Gasteiger partial charge in [-0.1, -0.05) is 19.9 Å². The van der Waals surface area contributed by atoms with Crippen LogP contribution in [0.3, 0.4) is 0 Å². The van der Waals surface area contributed by atoms with Crippen molar-refractivity contribution in [3.8, 4) is 0 Å². The Labute approximate surface area is 120 Å². The minimum atomic E-state index is 0.237. The first-order chi connectivity index (χ1) is 9.22. The predicted molar refractivity (Wildman–Crippen MR) is 81.6 cm³/mol. The molecule has 2 rings (SSSR count). The van der Waals surface area contributed by atoms with E-state index < -0.39 is 0 Å². The predicted octanol–water partition coefficient (Wildman–Crippen LogP) is 2.49. The largest absolute Gasteiger partial charge is 0.395 e. The molecule has 108 valence electrons. The minimum Gasteiger partial charge on any atom is -0.395 e. The van der Waals surface area contributed by atoms with Gasteiger partial charge in [0.2, 0.25) is 0 Å². The summed E-state index contributed by atoms with van der Waals surface area (Å²) in [7, 11) is 0. The van der Waals surface area contributed by atoms with E-state index in [2.05, 4.69) is 41.6 Å². The van der Waals surface area contributed by atoms with Gasteiger partial charge in [0.15, 0.2) is 0 Å². The maximum atomic E-state index is 9.38. The highest BCUT2D eigenvalue weighted by atomic mass is 32.1. The fourth-order valence-corrected chi connectivity index (χ4v) is 4.09. The van der Waals surface area contributed by atoms with E-state index in [1.165, 1.54) is 17.7 Å². The third kappa shape index (κ3) is 4.02. The van der Waals surface area contributed by atoms with Crippen LogP contribution in [-0.4, -0.2) is 42.3 Å².